The van der Waals surface area contributed by atoms with Crippen LogP contribution in [0.2, 0.25) is 0 Å². The topological polar surface area (TPSA) is 49.3 Å². The minimum atomic E-state index is -0.764. The monoisotopic (exact) mass is 322 g/mol. The fourth-order valence-electron chi connectivity index (χ4n) is 2.64. The van der Waals surface area contributed by atoms with Crippen molar-refractivity contribution in [2.24, 2.45) is 0 Å². The molecule has 0 aliphatic carbocycles. The second-order valence-electron chi connectivity index (χ2n) is 6.17. The summed E-state index contributed by atoms with van der Waals surface area (Å²) < 4.78 is 0. The van der Waals surface area contributed by atoms with Crippen molar-refractivity contribution in [1.82, 2.24) is 5.32 Å². The number of carboxylic acid groups (broad SMARTS) is 1. The maximum absolute atomic E-state index is 10.3. The van der Waals surface area contributed by atoms with Gasteiger partial charge >= 0.3 is 5.97 Å². The van der Waals surface area contributed by atoms with Gasteiger partial charge < -0.3 is 10.4 Å². The minimum absolute atomic E-state index is 0. The normalized spacial score (nSPS) is 10.4. The number of aliphatic carboxylic acids is 1. The summed E-state index contributed by atoms with van der Waals surface area (Å²) in [5.41, 5.74) is 0. The first-order valence-electron chi connectivity index (χ1n) is 9.20. The van der Waals surface area contributed by atoms with Crippen LogP contribution in [0.3, 0.4) is 0 Å². The van der Waals surface area contributed by atoms with Crippen LogP contribution in [0.4, 0.5) is 0 Å². The molecule has 0 bridgehead atoms. The average molecular weight is 322 g/mol. The number of hydrogen-bond acceptors (Lipinski definition) is 2. The molecule has 0 aromatic carbocycles. The maximum atomic E-state index is 10.3. The largest absolute Gasteiger partial charge is 0.480 e. The molecular formula is C18H37NNaO2. The van der Waals surface area contributed by atoms with Gasteiger partial charge in [0.05, 0.1) is 6.54 Å². The molecule has 4 heteroatoms. The maximum Gasteiger partial charge on any atom is 0.317 e. The van der Waals surface area contributed by atoms with Gasteiger partial charge in [-0.1, -0.05) is 90.4 Å². The number of unbranched alkanes of at least 4 members (excludes halogenated alkanes) is 13. The molecule has 127 valence electrons. The molecule has 22 heavy (non-hydrogen) atoms. The fraction of sp³-hybridized carbons (Fsp3) is 0.944. The smallest absolute Gasteiger partial charge is 0.317 e. The molecule has 2 N–H and O–H groups in total. The zero-order chi connectivity index (χ0) is 15.6. The zero-order valence-corrected chi connectivity index (χ0v) is 17.2. The predicted molar refractivity (Wildman–Crippen MR) is 96.6 cm³/mol. The van der Waals surface area contributed by atoms with E-state index >= 15 is 0 Å². The van der Waals surface area contributed by atoms with Crippen LogP contribution >= 0.6 is 0 Å². The van der Waals surface area contributed by atoms with Crippen LogP contribution in [0.15, 0.2) is 0 Å². The van der Waals surface area contributed by atoms with Crippen molar-refractivity contribution in [2.45, 2.75) is 96.8 Å². The molecule has 0 aromatic heterocycles. The van der Waals surface area contributed by atoms with E-state index in [4.69, 9.17) is 5.11 Å². The van der Waals surface area contributed by atoms with Gasteiger partial charge in [0.1, 0.15) is 0 Å². The Labute approximate surface area is 160 Å². The van der Waals surface area contributed by atoms with E-state index in [9.17, 15) is 4.79 Å². The summed E-state index contributed by atoms with van der Waals surface area (Å²) in [6.07, 6.45) is 19.0. The van der Waals surface area contributed by atoms with Crippen LogP contribution in [-0.2, 0) is 4.79 Å². The summed E-state index contributed by atoms with van der Waals surface area (Å²) in [4.78, 5) is 10.3. The number of rotatable bonds is 17. The number of hydrogen-bond donors (Lipinski definition) is 2. The van der Waals surface area contributed by atoms with E-state index in [1.807, 2.05) is 0 Å². The number of carboxylic acids is 1. The second-order valence-corrected chi connectivity index (χ2v) is 6.17. The summed E-state index contributed by atoms with van der Waals surface area (Å²) in [6.45, 7) is 3.20. The molecule has 0 unspecified atom stereocenters. The Morgan fingerprint density at radius 3 is 1.45 bits per heavy atom. The van der Waals surface area contributed by atoms with E-state index in [0.717, 1.165) is 13.0 Å². The molecule has 0 aromatic rings. The predicted octanol–water partition coefficient (Wildman–Crippen LogP) is 4.76. The van der Waals surface area contributed by atoms with Crippen molar-refractivity contribution >= 4 is 35.5 Å². The molecule has 0 saturated carbocycles. The molecule has 0 heterocycles. The summed E-state index contributed by atoms with van der Waals surface area (Å²) in [6, 6.07) is 0. The number of nitrogens with one attached hydrogen (secondary N) is 1. The van der Waals surface area contributed by atoms with E-state index in [0.29, 0.717) is 0 Å². The molecular weight excluding hydrogens is 285 g/mol. The summed E-state index contributed by atoms with van der Waals surface area (Å²) in [7, 11) is 0. The third-order valence-corrected chi connectivity index (χ3v) is 3.98. The Morgan fingerprint density at radius 2 is 1.09 bits per heavy atom. The van der Waals surface area contributed by atoms with Gasteiger partial charge in [-0.25, -0.2) is 0 Å². The first kappa shape index (κ1) is 24.7. The molecule has 0 aliphatic rings. The standard InChI is InChI=1S/C18H37NO2.Na/c1-2-3-4-5-6-7-8-9-10-11-12-13-14-15-16-19-17-18(20)21;/h19H,2-17H2,1H3,(H,20,21);. The Balaban J connectivity index is 0. The Kier molecular flexibility index (Phi) is 24.0. The van der Waals surface area contributed by atoms with Crippen molar-refractivity contribution in [3.8, 4) is 0 Å². The molecule has 3 nitrogen and oxygen atoms in total. The second kappa shape index (κ2) is 21.4. The van der Waals surface area contributed by atoms with Crippen LogP contribution in [-0.4, -0.2) is 53.7 Å². The van der Waals surface area contributed by atoms with Gasteiger partial charge in [0.25, 0.3) is 0 Å². The van der Waals surface area contributed by atoms with Gasteiger partial charge in [-0.2, -0.15) is 0 Å². The van der Waals surface area contributed by atoms with Crippen LogP contribution in [0.5, 0.6) is 0 Å². The summed E-state index contributed by atoms with van der Waals surface area (Å²) in [5, 5.41) is 11.4. The van der Waals surface area contributed by atoms with Crippen molar-refractivity contribution in [3.05, 3.63) is 0 Å². The number of carbonyl (C=O) groups is 1. The summed E-state index contributed by atoms with van der Waals surface area (Å²) >= 11 is 0. The molecule has 0 aliphatic heterocycles. The van der Waals surface area contributed by atoms with Gasteiger partial charge in [0, 0.05) is 29.6 Å². The van der Waals surface area contributed by atoms with Gasteiger partial charge in [-0.05, 0) is 13.0 Å². The van der Waals surface area contributed by atoms with E-state index in [2.05, 4.69) is 12.2 Å². The van der Waals surface area contributed by atoms with Gasteiger partial charge in [-0.15, -0.1) is 0 Å². The first-order valence-corrected chi connectivity index (χ1v) is 9.20. The van der Waals surface area contributed by atoms with E-state index in [1.165, 1.54) is 83.5 Å². The third kappa shape index (κ3) is 22.7. The van der Waals surface area contributed by atoms with E-state index in [-0.39, 0.29) is 36.1 Å². The van der Waals surface area contributed by atoms with Crippen molar-refractivity contribution in [2.75, 3.05) is 13.1 Å². The van der Waals surface area contributed by atoms with Gasteiger partial charge in [0.15, 0.2) is 0 Å². The Hall–Kier alpha value is 0.430. The molecule has 1 radical (unpaired) electrons. The first-order chi connectivity index (χ1) is 10.3. The Morgan fingerprint density at radius 1 is 0.727 bits per heavy atom. The SMILES string of the molecule is CCCCCCCCCCCCCCCCNCC(=O)O.[Na]. The zero-order valence-electron chi connectivity index (χ0n) is 15.2. The van der Waals surface area contributed by atoms with Crippen LogP contribution in [0.25, 0.3) is 0 Å². The van der Waals surface area contributed by atoms with Gasteiger partial charge in [-0.3, -0.25) is 4.79 Å². The van der Waals surface area contributed by atoms with Gasteiger partial charge in [0.2, 0.25) is 0 Å². The van der Waals surface area contributed by atoms with Crippen molar-refractivity contribution in [3.63, 3.8) is 0 Å². The molecule has 0 amide bonds. The van der Waals surface area contributed by atoms with E-state index < -0.39 is 5.97 Å². The molecule has 0 fully saturated rings. The molecule has 0 atom stereocenters. The van der Waals surface area contributed by atoms with Crippen molar-refractivity contribution < 1.29 is 9.90 Å². The minimum Gasteiger partial charge on any atom is -0.480 e. The molecule has 0 saturated heterocycles. The van der Waals surface area contributed by atoms with Crippen LogP contribution < -0.4 is 5.32 Å². The summed E-state index contributed by atoms with van der Waals surface area (Å²) in [5.74, 6) is -0.764. The van der Waals surface area contributed by atoms with Crippen LogP contribution in [0.1, 0.15) is 96.8 Å². The fourth-order valence-corrected chi connectivity index (χ4v) is 2.64. The van der Waals surface area contributed by atoms with E-state index in [1.54, 1.807) is 0 Å². The molecule has 0 spiro atoms. The van der Waals surface area contributed by atoms with Crippen LogP contribution in [0, 0.1) is 0 Å². The third-order valence-electron chi connectivity index (χ3n) is 3.98. The van der Waals surface area contributed by atoms with Crippen molar-refractivity contribution in [1.29, 1.82) is 0 Å². The quantitative estimate of drug-likeness (QED) is 0.300. The average Bonchev–Trinajstić information content (AvgIpc) is 2.46. The Bertz CT molecular complexity index is 225. The molecule has 0 rings (SSSR count).